The monoisotopic (exact) mass is 498 g/mol. The van der Waals surface area contributed by atoms with E-state index in [0.717, 1.165) is 35.0 Å². The third kappa shape index (κ3) is 4.01. The van der Waals surface area contributed by atoms with Gasteiger partial charge in [0.25, 0.3) is 11.5 Å². The lowest BCUT2D eigenvalue weighted by atomic mass is 10.1. The number of rotatable bonds is 5. The molecule has 0 bridgehead atoms. The number of aryl methyl sites for hydroxylation is 1. The van der Waals surface area contributed by atoms with Crippen molar-refractivity contribution in [1.82, 2.24) is 19.6 Å². The molecule has 36 heavy (non-hydrogen) atoms. The number of amides is 1. The van der Waals surface area contributed by atoms with Crippen LogP contribution < -0.4 is 21.5 Å². The van der Waals surface area contributed by atoms with Gasteiger partial charge in [-0.2, -0.15) is 14.9 Å². The van der Waals surface area contributed by atoms with Crippen LogP contribution in [-0.4, -0.2) is 44.6 Å². The standard InChI is InChI=1S/C25H25F2N7O2/c1-3-33-21-9-7-19(23(15(21)11-29-33)32-12-14(2)18(28)13-32)30-25(36)20-8-10-22(35)34(31-20)24-16(26)5-4-6-17(24)27/h4-11,14,18H,3,12-13,28H2,1-2H3,(H,30,36)/t14-,18+/m1/s1/i1D3,3D2. The maximum absolute atomic E-state index is 14.4. The van der Waals surface area contributed by atoms with Gasteiger partial charge in [0.15, 0.2) is 11.6 Å². The topological polar surface area (TPSA) is 111 Å². The second-order valence-electron chi connectivity index (χ2n) is 8.60. The predicted octanol–water partition coefficient (Wildman–Crippen LogP) is 2.92. The molecular weight excluding hydrogens is 468 g/mol. The molecule has 1 fully saturated rings. The summed E-state index contributed by atoms with van der Waals surface area (Å²) in [5.74, 6) is -2.83. The lowest BCUT2D eigenvalue weighted by molar-refractivity contribution is 0.102. The van der Waals surface area contributed by atoms with E-state index in [-0.39, 0.29) is 28.9 Å². The number of nitrogens with two attached hydrogens (primary N) is 1. The zero-order valence-corrected chi connectivity index (χ0v) is 19.1. The normalized spacial score (nSPS) is 20.4. The Morgan fingerprint density at radius 2 is 1.97 bits per heavy atom. The van der Waals surface area contributed by atoms with Gasteiger partial charge in [-0.25, -0.2) is 8.78 Å². The Labute approximate surface area is 212 Å². The van der Waals surface area contributed by atoms with Gasteiger partial charge in [0.05, 0.1) is 25.8 Å². The van der Waals surface area contributed by atoms with Crippen LogP contribution in [0.2, 0.25) is 0 Å². The highest BCUT2D eigenvalue weighted by Crippen LogP contribution is 2.37. The Morgan fingerprint density at radius 1 is 1.19 bits per heavy atom. The highest BCUT2D eigenvalue weighted by molar-refractivity contribution is 6.08. The molecule has 4 aromatic rings. The Balaban J connectivity index is 1.59. The molecule has 9 nitrogen and oxygen atoms in total. The van der Waals surface area contributed by atoms with Crippen molar-refractivity contribution in [1.29, 1.82) is 0 Å². The van der Waals surface area contributed by atoms with Crippen molar-refractivity contribution >= 4 is 28.2 Å². The second-order valence-corrected chi connectivity index (χ2v) is 8.60. The number of nitrogens with zero attached hydrogens (tertiary/aromatic N) is 5. The Morgan fingerprint density at radius 3 is 2.67 bits per heavy atom. The van der Waals surface area contributed by atoms with Crippen molar-refractivity contribution in [3.63, 3.8) is 0 Å². The maximum Gasteiger partial charge on any atom is 0.276 e. The van der Waals surface area contributed by atoms with Crippen molar-refractivity contribution in [3.8, 4) is 5.69 Å². The number of hydrogen-bond acceptors (Lipinski definition) is 6. The number of para-hydroxylation sites is 1. The molecule has 11 heteroatoms. The summed E-state index contributed by atoms with van der Waals surface area (Å²) in [7, 11) is 0. The molecule has 0 saturated carbocycles. The van der Waals surface area contributed by atoms with E-state index < -0.39 is 42.1 Å². The first-order valence-corrected chi connectivity index (χ1v) is 11.1. The van der Waals surface area contributed by atoms with Crippen molar-refractivity contribution in [2.75, 3.05) is 23.3 Å². The van der Waals surface area contributed by atoms with Gasteiger partial charge < -0.3 is 16.0 Å². The smallest absolute Gasteiger partial charge is 0.276 e. The lowest BCUT2D eigenvalue weighted by Gasteiger charge is -2.23. The molecule has 1 aliphatic rings. The first-order valence-electron chi connectivity index (χ1n) is 13.6. The van der Waals surface area contributed by atoms with E-state index in [0.29, 0.717) is 28.8 Å². The fraction of sp³-hybridized carbons (Fsp3) is 0.280. The molecule has 5 rings (SSSR count). The van der Waals surface area contributed by atoms with E-state index in [2.05, 4.69) is 15.5 Å². The van der Waals surface area contributed by atoms with Crippen LogP contribution in [0.4, 0.5) is 20.2 Å². The van der Waals surface area contributed by atoms with Crippen LogP contribution in [-0.2, 0) is 6.50 Å². The molecule has 0 radical (unpaired) electrons. The van der Waals surface area contributed by atoms with Gasteiger partial charge in [-0.3, -0.25) is 14.3 Å². The van der Waals surface area contributed by atoms with Crippen LogP contribution in [0.15, 0.2) is 53.5 Å². The molecular formula is C25H25F2N7O2. The number of fused-ring (bicyclic) bond motifs is 1. The van der Waals surface area contributed by atoms with Crippen LogP contribution in [0.25, 0.3) is 16.6 Å². The predicted molar refractivity (Wildman–Crippen MR) is 132 cm³/mol. The minimum Gasteiger partial charge on any atom is -0.367 e. The lowest BCUT2D eigenvalue weighted by Crippen LogP contribution is -2.29. The Hall–Kier alpha value is -4.12. The van der Waals surface area contributed by atoms with Gasteiger partial charge in [0.1, 0.15) is 11.4 Å². The number of halogens is 2. The van der Waals surface area contributed by atoms with Crippen LogP contribution in [0.1, 0.15) is 31.1 Å². The summed E-state index contributed by atoms with van der Waals surface area (Å²) < 4.78 is 69.3. The summed E-state index contributed by atoms with van der Waals surface area (Å²) >= 11 is 0. The SMILES string of the molecule is [2H]C([2H])([2H])C([2H])([2H])n1ncc2c(N3C[C@@H](C)[C@@H](N)C3)c(NC(=O)c3ccc(=O)n(-c4c(F)cccc4F)n3)ccc21. The fourth-order valence-electron chi connectivity index (χ4n) is 4.36. The van der Waals surface area contributed by atoms with Crippen LogP contribution >= 0.6 is 0 Å². The van der Waals surface area contributed by atoms with Crippen LogP contribution in [0.3, 0.4) is 0 Å². The molecule has 1 aliphatic heterocycles. The molecule has 1 amide bonds. The minimum absolute atomic E-state index is 0.0681. The van der Waals surface area contributed by atoms with Gasteiger partial charge >= 0.3 is 0 Å². The zero-order chi connectivity index (χ0) is 29.9. The zero-order valence-electron chi connectivity index (χ0n) is 24.1. The van der Waals surface area contributed by atoms with Crippen molar-refractivity contribution in [2.24, 2.45) is 11.7 Å². The number of anilines is 2. The van der Waals surface area contributed by atoms with Gasteiger partial charge in [-0.1, -0.05) is 13.0 Å². The van der Waals surface area contributed by atoms with Crippen LogP contribution in [0, 0.1) is 17.6 Å². The number of hydrogen-bond donors (Lipinski definition) is 2. The third-order valence-corrected chi connectivity index (χ3v) is 6.25. The molecule has 0 spiro atoms. The Bertz CT molecular complexity index is 1690. The van der Waals surface area contributed by atoms with Gasteiger partial charge in [0.2, 0.25) is 0 Å². The highest BCUT2D eigenvalue weighted by Gasteiger charge is 2.30. The molecule has 2 aromatic heterocycles. The third-order valence-electron chi connectivity index (χ3n) is 6.25. The molecule has 186 valence electrons. The average Bonchev–Trinajstić information content (AvgIpc) is 3.47. The first-order chi connectivity index (χ1) is 19.2. The van der Waals surface area contributed by atoms with E-state index in [9.17, 15) is 18.4 Å². The van der Waals surface area contributed by atoms with Crippen LogP contribution in [0.5, 0.6) is 0 Å². The summed E-state index contributed by atoms with van der Waals surface area (Å²) in [6, 6.07) is 7.79. The second kappa shape index (κ2) is 9.15. The number of benzene rings is 2. The van der Waals surface area contributed by atoms with E-state index in [4.69, 9.17) is 12.6 Å². The molecule has 2 aromatic carbocycles. The number of nitrogens with one attached hydrogen (secondary N) is 1. The van der Waals surface area contributed by atoms with E-state index >= 15 is 0 Å². The van der Waals surface area contributed by atoms with Crippen molar-refractivity contribution in [2.45, 2.75) is 26.3 Å². The fourth-order valence-corrected chi connectivity index (χ4v) is 4.36. The van der Waals surface area contributed by atoms with Crippen molar-refractivity contribution in [3.05, 3.63) is 76.3 Å². The largest absolute Gasteiger partial charge is 0.367 e. The molecule has 0 unspecified atom stereocenters. The summed E-state index contributed by atoms with van der Waals surface area (Å²) in [5.41, 5.74) is 5.18. The quantitative estimate of drug-likeness (QED) is 0.438. The van der Waals surface area contributed by atoms with Crippen molar-refractivity contribution < 1.29 is 20.4 Å². The van der Waals surface area contributed by atoms with Gasteiger partial charge in [0, 0.05) is 41.2 Å². The van der Waals surface area contributed by atoms with E-state index in [1.165, 1.54) is 18.3 Å². The molecule has 1 saturated heterocycles. The van der Waals surface area contributed by atoms with Gasteiger partial charge in [-0.15, -0.1) is 0 Å². The summed E-state index contributed by atoms with van der Waals surface area (Å²) in [5, 5.41) is 11.0. The number of carbonyl (C=O) groups excluding carboxylic acids is 1. The van der Waals surface area contributed by atoms with E-state index in [1.807, 2.05) is 11.8 Å². The molecule has 3 N–H and O–H groups in total. The highest BCUT2D eigenvalue weighted by atomic mass is 19.1. The Kier molecular flexibility index (Phi) is 4.63. The first kappa shape index (κ1) is 18.2. The summed E-state index contributed by atoms with van der Waals surface area (Å²) in [6.45, 7) is -3.03. The maximum atomic E-state index is 14.4. The summed E-state index contributed by atoms with van der Waals surface area (Å²) in [6.07, 6.45) is 1.32. The summed E-state index contributed by atoms with van der Waals surface area (Å²) in [4.78, 5) is 27.6. The minimum atomic E-state index is -3.02. The number of carbonyl (C=O) groups is 1. The molecule has 3 heterocycles. The molecule has 0 aliphatic carbocycles. The number of aromatic nitrogens is 4. The average molecular weight is 499 g/mol. The molecule has 2 atom stereocenters. The van der Waals surface area contributed by atoms with Gasteiger partial charge in [-0.05, 0) is 43.1 Å². The van der Waals surface area contributed by atoms with E-state index in [1.54, 1.807) is 0 Å².